The maximum atomic E-state index is 14.2. The lowest BCUT2D eigenvalue weighted by molar-refractivity contribution is -0.152. The van der Waals surface area contributed by atoms with E-state index in [0.29, 0.717) is 31.9 Å². The number of nitrogens with one attached hydrogen (secondary N) is 1. The molecule has 4 atom stereocenters. The molecule has 0 bridgehead atoms. The van der Waals surface area contributed by atoms with Crippen LogP contribution in [-0.4, -0.2) is 79.4 Å². The standard InChI is InChI=1S/C24H29N5O5S2/c1-15-5-6-18(11-26-15)19-23(13-25,14-28-7-9-34-10-8-28)12-24(36-17(3)31)20(32)27-22(4,35-16(2)30)21(33)29(19)24/h5-6,11,19H,7-10,12,14H2,1-4H3,(H,27,32)/t19-,22-,23+,24-/m0/s1. The molecule has 0 aromatic carbocycles. The first-order valence-corrected chi connectivity index (χ1v) is 13.3. The zero-order valence-electron chi connectivity index (χ0n) is 20.7. The fraction of sp³-hybridized carbons (Fsp3) is 0.583. The average molecular weight is 532 g/mol. The third-order valence-electron chi connectivity index (χ3n) is 6.80. The highest BCUT2D eigenvalue weighted by Crippen LogP contribution is 2.61. The predicted molar refractivity (Wildman–Crippen MR) is 134 cm³/mol. The maximum absolute atomic E-state index is 14.2. The minimum atomic E-state index is -1.64. The van der Waals surface area contributed by atoms with Gasteiger partial charge in [0, 0.05) is 51.8 Å². The van der Waals surface area contributed by atoms with Crippen molar-refractivity contribution < 1.29 is 23.9 Å². The molecule has 3 aliphatic rings. The van der Waals surface area contributed by atoms with Gasteiger partial charge in [0.1, 0.15) is 0 Å². The molecule has 192 valence electrons. The molecule has 0 unspecified atom stereocenters. The largest absolute Gasteiger partial charge is 0.379 e. The smallest absolute Gasteiger partial charge is 0.261 e. The summed E-state index contributed by atoms with van der Waals surface area (Å²) in [6.07, 6.45) is 1.57. The lowest BCUT2D eigenvalue weighted by atomic mass is 9.77. The van der Waals surface area contributed by atoms with Crippen LogP contribution in [-0.2, 0) is 23.9 Å². The molecule has 3 saturated heterocycles. The summed E-state index contributed by atoms with van der Waals surface area (Å²) in [5.74, 6) is -1.09. The summed E-state index contributed by atoms with van der Waals surface area (Å²) >= 11 is 1.47. The molecular formula is C24H29N5O5S2. The predicted octanol–water partition coefficient (Wildman–Crippen LogP) is 1.61. The number of ether oxygens (including phenoxy) is 1. The van der Waals surface area contributed by atoms with Crippen molar-refractivity contribution in [3.05, 3.63) is 29.6 Å². The summed E-state index contributed by atoms with van der Waals surface area (Å²) in [5.41, 5.74) is 0.131. The molecule has 0 aliphatic carbocycles. The Labute approximate surface area is 218 Å². The highest BCUT2D eigenvalue weighted by atomic mass is 32.2. The topological polar surface area (TPSA) is 133 Å². The molecule has 10 nitrogen and oxygen atoms in total. The summed E-state index contributed by atoms with van der Waals surface area (Å²) in [6.45, 7) is 8.50. The van der Waals surface area contributed by atoms with Crippen molar-refractivity contribution in [2.24, 2.45) is 5.41 Å². The molecule has 4 rings (SSSR count). The van der Waals surface area contributed by atoms with E-state index in [-0.39, 0.29) is 23.2 Å². The number of hydrogen-bond donors (Lipinski definition) is 1. The van der Waals surface area contributed by atoms with Gasteiger partial charge in [-0.1, -0.05) is 17.8 Å². The molecule has 1 N–H and O–H groups in total. The number of carbonyl (C=O) groups is 4. The first kappa shape index (κ1) is 26.6. The maximum Gasteiger partial charge on any atom is 0.261 e. The lowest BCUT2D eigenvalue weighted by Crippen LogP contribution is -2.71. The number of piperazine rings is 1. The number of nitriles is 1. The van der Waals surface area contributed by atoms with Crippen LogP contribution in [0.4, 0.5) is 0 Å². The molecule has 2 amide bonds. The molecule has 3 aliphatic heterocycles. The first-order chi connectivity index (χ1) is 17.0. The third-order valence-corrected chi connectivity index (χ3v) is 8.93. The van der Waals surface area contributed by atoms with Gasteiger partial charge in [0.25, 0.3) is 11.8 Å². The zero-order valence-corrected chi connectivity index (χ0v) is 22.3. The number of morpholine rings is 1. The Morgan fingerprint density at radius 1 is 1.22 bits per heavy atom. The Morgan fingerprint density at radius 3 is 2.44 bits per heavy atom. The SMILES string of the molecule is CC(=O)S[C@]1(C)NC(=O)[C@@]2(SC(C)=O)C[C@@](C#N)(CN3CCOCC3)[C@H](c3ccc(C)nc3)N2C1=O. The number of nitrogens with zero attached hydrogens (tertiary/aromatic N) is 4. The van der Waals surface area contributed by atoms with Gasteiger partial charge in [0.15, 0.2) is 20.0 Å². The Hall–Kier alpha value is -2.46. The van der Waals surface area contributed by atoms with Crippen molar-refractivity contribution >= 4 is 45.6 Å². The molecule has 1 aromatic rings. The number of amides is 2. The Morgan fingerprint density at radius 2 is 1.89 bits per heavy atom. The first-order valence-electron chi connectivity index (χ1n) is 11.7. The molecule has 12 heteroatoms. The van der Waals surface area contributed by atoms with E-state index in [4.69, 9.17) is 4.74 Å². The van der Waals surface area contributed by atoms with Crippen molar-refractivity contribution in [1.82, 2.24) is 20.1 Å². The fourth-order valence-corrected chi connectivity index (χ4v) is 7.55. The second kappa shape index (κ2) is 9.78. The van der Waals surface area contributed by atoms with Gasteiger partial charge < -0.3 is 15.0 Å². The average Bonchev–Trinajstić information content (AvgIpc) is 3.09. The van der Waals surface area contributed by atoms with Gasteiger partial charge in [-0.25, -0.2) is 0 Å². The molecule has 0 saturated carbocycles. The number of fused-ring (bicyclic) bond motifs is 1. The van der Waals surface area contributed by atoms with E-state index in [0.717, 1.165) is 29.2 Å². The van der Waals surface area contributed by atoms with Gasteiger partial charge in [-0.2, -0.15) is 5.26 Å². The molecule has 0 radical (unpaired) electrons. The van der Waals surface area contributed by atoms with Gasteiger partial charge in [-0.05, 0) is 37.2 Å². The quantitative estimate of drug-likeness (QED) is 0.597. The van der Waals surface area contributed by atoms with Crippen molar-refractivity contribution in [3.8, 4) is 6.07 Å². The lowest BCUT2D eigenvalue weighted by Gasteiger charge is -2.48. The normalized spacial score (nSPS) is 32.5. The van der Waals surface area contributed by atoms with E-state index in [1.807, 2.05) is 13.0 Å². The van der Waals surface area contributed by atoms with Gasteiger partial charge in [0.05, 0.1) is 30.7 Å². The van der Waals surface area contributed by atoms with Crippen LogP contribution in [0.5, 0.6) is 0 Å². The number of hydrogen-bond acceptors (Lipinski definition) is 10. The van der Waals surface area contributed by atoms with Gasteiger partial charge in [-0.3, -0.25) is 29.1 Å². The minimum Gasteiger partial charge on any atom is -0.379 e. The van der Waals surface area contributed by atoms with Crippen LogP contribution in [0.15, 0.2) is 18.3 Å². The van der Waals surface area contributed by atoms with Crippen molar-refractivity contribution in [2.75, 3.05) is 32.8 Å². The van der Waals surface area contributed by atoms with Crippen LogP contribution in [0.2, 0.25) is 0 Å². The highest BCUT2D eigenvalue weighted by Gasteiger charge is 2.71. The molecule has 3 fully saturated rings. The number of carbonyl (C=O) groups excluding carboxylic acids is 4. The van der Waals surface area contributed by atoms with Crippen LogP contribution >= 0.6 is 23.5 Å². The minimum absolute atomic E-state index is 0.0466. The Bertz CT molecular complexity index is 1130. The molecular weight excluding hydrogens is 502 g/mol. The van der Waals surface area contributed by atoms with Gasteiger partial charge in [-0.15, -0.1) is 0 Å². The highest BCUT2D eigenvalue weighted by molar-refractivity contribution is 8.16. The molecule has 4 heterocycles. The van der Waals surface area contributed by atoms with Crippen molar-refractivity contribution in [1.29, 1.82) is 5.26 Å². The molecule has 1 aromatic heterocycles. The Kier molecular flexibility index (Phi) is 7.22. The van der Waals surface area contributed by atoms with Crippen molar-refractivity contribution in [3.63, 3.8) is 0 Å². The summed E-state index contributed by atoms with van der Waals surface area (Å²) in [5, 5.41) is 12.7. The Balaban J connectivity index is 1.93. The van der Waals surface area contributed by atoms with Crippen LogP contribution in [0.3, 0.4) is 0 Å². The van der Waals surface area contributed by atoms with Crippen molar-refractivity contribution in [2.45, 2.75) is 49.9 Å². The number of rotatable bonds is 5. The summed E-state index contributed by atoms with van der Waals surface area (Å²) in [4.78, 5) is 57.2. The molecule has 36 heavy (non-hydrogen) atoms. The third kappa shape index (κ3) is 4.53. The summed E-state index contributed by atoms with van der Waals surface area (Å²) < 4.78 is 5.47. The summed E-state index contributed by atoms with van der Waals surface area (Å²) in [7, 11) is 0. The van der Waals surface area contributed by atoms with E-state index in [2.05, 4.69) is 21.3 Å². The number of pyridine rings is 1. The van der Waals surface area contributed by atoms with Gasteiger partial charge in [0.2, 0.25) is 0 Å². The van der Waals surface area contributed by atoms with Crippen LogP contribution < -0.4 is 5.32 Å². The van der Waals surface area contributed by atoms with E-state index in [9.17, 15) is 24.4 Å². The van der Waals surface area contributed by atoms with Gasteiger partial charge >= 0.3 is 0 Å². The number of aryl methyl sites for hydroxylation is 1. The second-order valence-corrected chi connectivity index (χ2v) is 12.7. The van der Waals surface area contributed by atoms with E-state index in [1.54, 1.807) is 12.3 Å². The molecule has 0 spiro atoms. The van der Waals surface area contributed by atoms with Crippen LogP contribution in [0.25, 0.3) is 0 Å². The second-order valence-electron chi connectivity index (χ2n) is 9.60. The van der Waals surface area contributed by atoms with E-state index >= 15 is 0 Å². The van der Waals surface area contributed by atoms with Crippen LogP contribution in [0, 0.1) is 23.7 Å². The zero-order chi connectivity index (χ0) is 26.3. The fourth-order valence-electron chi connectivity index (χ4n) is 5.41. The van der Waals surface area contributed by atoms with E-state index in [1.165, 1.54) is 25.7 Å². The number of thioether (sulfide) groups is 2. The summed E-state index contributed by atoms with van der Waals surface area (Å²) in [6, 6.07) is 5.21. The van der Waals surface area contributed by atoms with Crippen LogP contribution in [0.1, 0.15) is 44.5 Å². The number of aromatic nitrogens is 1. The monoisotopic (exact) mass is 531 g/mol. The van der Waals surface area contributed by atoms with E-state index < -0.39 is 33.0 Å².